The third kappa shape index (κ3) is 5.35. The van der Waals surface area contributed by atoms with Gasteiger partial charge in [-0.1, -0.05) is 43.2 Å². The number of sulfonamides is 1. The van der Waals surface area contributed by atoms with E-state index < -0.39 is 46.2 Å². The summed E-state index contributed by atoms with van der Waals surface area (Å²) in [6.45, 7) is 0. The van der Waals surface area contributed by atoms with Crippen LogP contribution in [0, 0.1) is 0 Å². The summed E-state index contributed by atoms with van der Waals surface area (Å²) in [5.41, 5.74) is 0.436. The average Bonchev–Trinajstić information content (AvgIpc) is 3.43. The topological polar surface area (TPSA) is 153 Å². The lowest BCUT2D eigenvalue weighted by molar-refractivity contribution is -0.143. The molecule has 3 saturated heterocycles. The Morgan fingerprint density at radius 2 is 1.67 bits per heavy atom. The number of hydrogen-bond acceptors (Lipinski definition) is 7. The highest BCUT2D eigenvalue weighted by Gasteiger charge is 2.48. The van der Waals surface area contributed by atoms with Gasteiger partial charge < -0.3 is 20.6 Å². The Hall–Kier alpha value is -3.51. The molecule has 3 heterocycles. The number of carbonyl (C=O) groups is 4. The van der Waals surface area contributed by atoms with E-state index in [-0.39, 0.29) is 24.3 Å². The van der Waals surface area contributed by atoms with Gasteiger partial charge in [-0.2, -0.15) is 0 Å². The SMILES string of the molecule is CS(=O)(=O)N1C(=O)CC(NC(=O)C2CCC3CCCCC(NC(=O)c4ccc5ccccc5c4)C(=O)N32)C1O. The fraction of sp³-hybridized carbons (Fsp3) is 0.481. The van der Waals surface area contributed by atoms with Crippen molar-refractivity contribution in [1.82, 2.24) is 19.8 Å². The number of carbonyl (C=O) groups excluding carboxylic acids is 4. The summed E-state index contributed by atoms with van der Waals surface area (Å²) in [5.74, 6) is -2.08. The van der Waals surface area contributed by atoms with Gasteiger partial charge in [0.15, 0.2) is 6.23 Å². The Bertz CT molecular complexity index is 1430. The van der Waals surface area contributed by atoms with E-state index in [0.29, 0.717) is 29.1 Å². The lowest BCUT2D eigenvalue weighted by Crippen LogP contribution is -2.58. The highest BCUT2D eigenvalue weighted by molar-refractivity contribution is 7.88. The molecule has 208 valence electrons. The molecule has 3 aliphatic heterocycles. The number of benzene rings is 2. The van der Waals surface area contributed by atoms with Gasteiger partial charge in [-0.15, -0.1) is 0 Å². The van der Waals surface area contributed by atoms with Gasteiger partial charge in [-0.25, -0.2) is 12.7 Å². The van der Waals surface area contributed by atoms with Crippen LogP contribution in [0.2, 0.25) is 0 Å². The Morgan fingerprint density at radius 3 is 2.38 bits per heavy atom. The van der Waals surface area contributed by atoms with E-state index in [2.05, 4.69) is 10.6 Å². The first-order valence-corrected chi connectivity index (χ1v) is 15.0. The minimum absolute atomic E-state index is 0.170. The summed E-state index contributed by atoms with van der Waals surface area (Å²) in [7, 11) is -4.00. The number of nitrogens with one attached hydrogen (secondary N) is 2. The van der Waals surface area contributed by atoms with Crippen molar-refractivity contribution in [3.63, 3.8) is 0 Å². The summed E-state index contributed by atoms with van der Waals surface area (Å²) in [6, 6.07) is 10.1. The van der Waals surface area contributed by atoms with Crippen LogP contribution in [0.4, 0.5) is 0 Å². The Balaban J connectivity index is 1.31. The second-order valence-corrected chi connectivity index (χ2v) is 12.4. The van der Waals surface area contributed by atoms with Crippen LogP contribution < -0.4 is 10.6 Å². The van der Waals surface area contributed by atoms with Gasteiger partial charge in [0, 0.05) is 11.6 Å². The van der Waals surface area contributed by atoms with Gasteiger partial charge in [0.1, 0.15) is 12.1 Å². The zero-order valence-corrected chi connectivity index (χ0v) is 22.4. The molecule has 0 spiro atoms. The van der Waals surface area contributed by atoms with E-state index in [1.54, 1.807) is 12.1 Å². The summed E-state index contributed by atoms with van der Waals surface area (Å²) >= 11 is 0. The van der Waals surface area contributed by atoms with Crippen LogP contribution >= 0.6 is 0 Å². The van der Waals surface area contributed by atoms with Gasteiger partial charge in [-0.05, 0) is 48.6 Å². The number of fused-ring (bicyclic) bond motifs is 2. The second-order valence-electron chi connectivity index (χ2n) is 10.6. The maximum absolute atomic E-state index is 13.8. The molecule has 2 aromatic carbocycles. The molecule has 3 N–H and O–H groups in total. The zero-order valence-electron chi connectivity index (χ0n) is 21.6. The minimum atomic E-state index is -4.00. The molecule has 0 saturated carbocycles. The van der Waals surface area contributed by atoms with Gasteiger partial charge in [0.2, 0.25) is 27.7 Å². The molecule has 12 heteroatoms. The molecular formula is C27H32N4O7S. The smallest absolute Gasteiger partial charge is 0.251 e. The maximum Gasteiger partial charge on any atom is 0.251 e. The predicted molar refractivity (Wildman–Crippen MR) is 142 cm³/mol. The first-order valence-electron chi connectivity index (χ1n) is 13.2. The monoisotopic (exact) mass is 556 g/mol. The Labute approximate surface area is 226 Å². The third-order valence-corrected chi connectivity index (χ3v) is 9.01. The molecule has 3 aliphatic rings. The molecule has 5 atom stereocenters. The number of amides is 4. The standard InChI is InChI=1S/C27H32N4O7S/c1-39(37,38)31-23(32)15-21(27(31)36)29-25(34)22-13-12-19-8-4-5-9-20(26(35)30(19)22)28-24(33)18-11-10-16-6-2-3-7-17(16)14-18/h2-3,6-7,10-11,14,19-22,27,36H,4-5,8-9,12-13,15H2,1H3,(H,28,33)(H,29,34). The summed E-state index contributed by atoms with van der Waals surface area (Å²) in [5, 5.41) is 17.8. The number of nitrogens with zero attached hydrogens (tertiary/aromatic N) is 2. The molecular weight excluding hydrogens is 524 g/mol. The molecule has 5 rings (SSSR count). The van der Waals surface area contributed by atoms with E-state index in [0.717, 1.165) is 36.3 Å². The fourth-order valence-electron chi connectivity index (χ4n) is 5.98. The van der Waals surface area contributed by atoms with Crippen LogP contribution in [0.3, 0.4) is 0 Å². The van der Waals surface area contributed by atoms with Gasteiger partial charge in [0.25, 0.3) is 5.91 Å². The van der Waals surface area contributed by atoms with E-state index in [1.807, 2.05) is 30.3 Å². The van der Waals surface area contributed by atoms with Gasteiger partial charge >= 0.3 is 0 Å². The van der Waals surface area contributed by atoms with Crippen LogP contribution in [0.5, 0.6) is 0 Å². The molecule has 2 aromatic rings. The van der Waals surface area contributed by atoms with Crippen molar-refractivity contribution in [2.24, 2.45) is 0 Å². The molecule has 0 radical (unpaired) electrons. The van der Waals surface area contributed by atoms with Crippen molar-refractivity contribution in [3.05, 3.63) is 48.0 Å². The van der Waals surface area contributed by atoms with Crippen LogP contribution in [-0.2, 0) is 24.4 Å². The van der Waals surface area contributed by atoms with Crippen molar-refractivity contribution >= 4 is 44.4 Å². The number of aliphatic hydroxyl groups excluding tert-OH is 1. The fourth-order valence-corrected chi connectivity index (χ4v) is 6.96. The Morgan fingerprint density at radius 1 is 0.949 bits per heavy atom. The van der Waals surface area contributed by atoms with Crippen LogP contribution in [0.1, 0.15) is 55.3 Å². The minimum Gasteiger partial charge on any atom is -0.370 e. The van der Waals surface area contributed by atoms with Crippen molar-refractivity contribution in [2.45, 2.75) is 75.3 Å². The number of rotatable bonds is 5. The summed E-state index contributed by atoms with van der Waals surface area (Å²) < 4.78 is 24.1. The van der Waals surface area contributed by atoms with Crippen molar-refractivity contribution in [2.75, 3.05) is 6.26 Å². The molecule has 11 nitrogen and oxygen atoms in total. The van der Waals surface area contributed by atoms with Gasteiger partial charge in [0.05, 0.1) is 18.7 Å². The molecule has 0 aromatic heterocycles. The zero-order chi connectivity index (χ0) is 27.9. The molecule has 5 unspecified atom stereocenters. The van der Waals surface area contributed by atoms with Crippen molar-refractivity contribution in [3.8, 4) is 0 Å². The summed E-state index contributed by atoms with van der Waals surface area (Å²) in [6.07, 6.45) is 2.49. The average molecular weight is 557 g/mol. The highest BCUT2D eigenvalue weighted by Crippen LogP contribution is 2.32. The molecule has 39 heavy (non-hydrogen) atoms. The number of hydrogen-bond donors (Lipinski definition) is 3. The molecule has 3 fully saturated rings. The van der Waals surface area contributed by atoms with E-state index in [4.69, 9.17) is 0 Å². The van der Waals surface area contributed by atoms with Crippen molar-refractivity contribution < 1.29 is 32.7 Å². The quantitative estimate of drug-likeness (QED) is 0.494. The maximum atomic E-state index is 13.8. The van der Waals surface area contributed by atoms with E-state index in [1.165, 1.54) is 4.90 Å². The third-order valence-electron chi connectivity index (χ3n) is 7.88. The molecule has 4 amide bonds. The van der Waals surface area contributed by atoms with E-state index in [9.17, 15) is 32.7 Å². The van der Waals surface area contributed by atoms with Crippen molar-refractivity contribution in [1.29, 1.82) is 0 Å². The Kier molecular flexibility index (Phi) is 7.34. The van der Waals surface area contributed by atoms with Crippen LogP contribution in [0.15, 0.2) is 42.5 Å². The van der Waals surface area contributed by atoms with Crippen LogP contribution in [-0.4, -0.2) is 83.0 Å². The number of aliphatic hydroxyl groups is 1. The first kappa shape index (κ1) is 27.1. The summed E-state index contributed by atoms with van der Waals surface area (Å²) in [4.78, 5) is 53.9. The highest BCUT2D eigenvalue weighted by atomic mass is 32.2. The van der Waals surface area contributed by atoms with Gasteiger partial charge in [-0.3, -0.25) is 19.2 Å². The predicted octanol–water partition coefficient (Wildman–Crippen LogP) is 0.867. The largest absolute Gasteiger partial charge is 0.370 e. The first-order chi connectivity index (χ1) is 18.5. The molecule has 0 aliphatic carbocycles. The van der Waals surface area contributed by atoms with E-state index >= 15 is 0 Å². The molecule has 0 bridgehead atoms. The second kappa shape index (κ2) is 10.6. The normalized spacial score (nSPS) is 27.7. The van der Waals surface area contributed by atoms with Crippen LogP contribution in [0.25, 0.3) is 10.8 Å². The lowest BCUT2D eigenvalue weighted by Gasteiger charge is -2.35. The lowest BCUT2D eigenvalue weighted by atomic mass is 9.98.